The molecule has 4 N–H and O–H groups in total. The number of rotatable bonds is 11. The number of sulfonamides is 1. The molecule has 1 saturated heterocycles. The number of halogens is 1. The molecule has 4 atom stereocenters. The number of imide groups is 2. The van der Waals surface area contributed by atoms with Crippen molar-refractivity contribution in [2.24, 2.45) is 17.6 Å². The lowest BCUT2D eigenvalue weighted by molar-refractivity contribution is -0.788. The highest BCUT2D eigenvalue weighted by molar-refractivity contribution is 7.90. The van der Waals surface area contributed by atoms with E-state index < -0.39 is 80.1 Å². The molecule has 6 amide bonds. The fourth-order valence-corrected chi connectivity index (χ4v) is 7.80. The first-order chi connectivity index (χ1) is 26.8. The molecule has 1 aliphatic heterocycles. The Kier molecular flexibility index (Phi) is 12.7. The summed E-state index contributed by atoms with van der Waals surface area (Å²) in [6.45, 7) is 8.50. The van der Waals surface area contributed by atoms with E-state index in [1.807, 2.05) is 4.72 Å². The number of oxazole rings is 1. The molecule has 3 aromatic carbocycles. The van der Waals surface area contributed by atoms with E-state index in [2.05, 4.69) is 10.3 Å². The van der Waals surface area contributed by atoms with Crippen LogP contribution in [0.3, 0.4) is 0 Å². The Morgan fingerprint density at radius 3 is 2.14 bits per heavy atom. The maximum absolute atomic E-state index is 15.2. The maximum Gasteiger partial charge on any atom is 0.434 e. The number of fused-ring (bicyclic) bond motifs is 1. The number of methoxy groups -OCH3 is 1. The Morgan fingerprint density at radius 2 is 1.58 bits per heavy atom. The summed E-state index contributed by atoms with van der Waals surface area (Å²) in [7, 11) is -3.05. The van der Waals surface area contributed by atoms with Crippen LogP contribution in [0.4, 0.5) is 15.3 Å². The Labute approximate surface area is 334 Å². The summed E-state index contributed by atoms with van der Waals surface area (Å²) in [5, 5.41) is 2.69. The summed E-state index contributed by atoms with van der Waals surface area (Å²) in [6, 6.07) is 9.31. The van der Waals surface area contributed by atoms with Crippen LogP contribution in [-0.4, -0.2) is 90.2 Å². The number of hydrogen-bond acceptors (Lipinski definition) is 12. The van der Waals surface area contributed by atoms with E-state index in [1.165, 1.54) is 73.8 Å². The van der Waals surface area contributed by atoms with Crippen LogP contribution < -0.4 is 15.8 Å². The minimum absolute atomic E-state index is 0.0398. The topological polar surface area (TPSA) is 225 Å². The van der Waals surface area contributed by atoms with Crippen molar-refractivity contribution in [1.82, 2.24) is 14.6 Å². The van der Waals surface area contributed by atoms with Crippen LogP contribution >= 0.6 is 11.6 Å². The molecule has 302 valence electrons. The average molecular weight is 824 g/mol. The van der Waals surface area contributed by atoms with Gasteiger partial charge < -0.3 is 20.2 Å². The summed E-state index contributed by atoms with van der Waals surface area (Å²) in [5.41, 5.74) is 6.82. The van der Waals surface area contributed by atoms with Crippen molar-refractivity contribution < 1.29 is 50.8 Å². The van der Waals surface area contributed by atoms with Gasteiger partial charge in [0.2, 0.25) is 5.78 Å². The first-order valence-corrected chi connectivity index (χ1v) is 20.0. The van der Waals surface area contributed by atoms with Crippen LogP contribution in [0, 0.1) is 11.8 Å². The molecule has 0 saturated carbocycles. The molecule has 0 aliphatic carbocycles. The molecular formula is C39H44ClN6O10S+. The van der Waals surface area contributed by atoms with Crippen LogP contribution in [0.1, 0.15) is 78.9 Å². The minimum atomic E-state index is -4.26. The van der Waals surface area contributed by atoms with E-state index in [-0.39, 0.29) is 45.3 Å². The number of esters is 1. The monoisotopic (exact) mass is 823 g/mol. The van der Waals surface area contributed by atoms with Crippen molar-refractivity contribution in [3.05, 3.63) is 88.8 Å². The zero-order valence-electron chi connectivity index (χ0n) is 32.1. The van der Waals surface area contributed by atoms with Crippen molar-refractivity contribution in [2.75, 3.05) is 19.0 Å². The summed E-state index contributed by atoms with van der Waals surface area (Å²) in [5.74, 6) is -4.56. The number of aromatic nitrogens is 1. The number of hydrogen-bond donors (Lipinski definition) is 3. The molecule has 0 radical (unpaired) electrons. The van der Waals surface area contributed by atoms with E-state index in [0.29, 0.717) is 17.9 Å². The van der Waals surface area contributed by atoms with Gasteiger partial charge in [0, 0.05) is 29.1 Å². The molecule has 1 aromatic heterocycles. The van der Waals surface area contributed by atoms with Crippen LogP contribution in [-0.2, 0) is 19.6 Å². The van der Waals surface area contributed by atoms with E-state index in [9.17, 15) is 32.4 Å². The molecule has 3 unspecified atom stereocenters. The Bertz CT molecular complexity index is 2330. The predicted octanol–water partition coefficient (Wildman–Crippen LogP) is 5.76. The van der Waals surface area contributed by atoms with Gasteiger partial charge in [-0.15, -0.1) is 0 Å². The number of ketones is 1. The molecule has 16 nitrogen and oxygen atoms in total. The molecule has 0 spiro atoms. The quantitative estimate of drug-likeness (QED) is 0.0933. The van der Waals surface area contributed by atoms with Crippen LogP contribution in [0.2, 0.25) is 5.02 Å². The minimum Gasteiger partial charge on any atom is -0.465 e. The zero-order valence-corrected chi connectivity index (χ0v) is 33.7. The lowest BCUT2D eigenvalue weighted by Gasteiger charge is -2.40. The van der Waals surface area contributed by atoms with E-state index in [4.69, 9.17) is 26.5 Å². The number of ether oxygens (including phenoxy) is 1. The van der Waals surface area contributed by atoms with E-state index in [0.717, 1.165) is 4.90 Å². The van der Waals surface area contributed by atoms with Gasteiger partial charge in [-0.3, -0.25) is 9.59 Å². The van der Waals surface area contributed by atoms with Gasteiger partial charge in [0.15, 0.2) is 5.58 Å². The Hall–Kier alpha value is -5.49. The van der Waals surface area contributed by atoms with Crippen molar-refractivity contribution >= 4 is 74.0 Å². The summed E-state index contributed by atoms with van der Waals surface area (Å²) >= 11 is 5.84. The van der Waals surface area contributed by atoms with Crippen molar-refractivity contribution in [3.63, 3.8) is 0 Å². The van der Waals surface area contributed by atoms with Crippen LogP contribution in [0.25, 0.3) is 11.1 Å². The van der Waals surface area contributed by atoms with E-state index >= 15 is 4.79 Å². The molecule has 0 bridgehead atoms. The molecule has 5 rings (SSSR count). The average Bonchev–Trinajstić information content (AvgIpc) is 3.78. The first kappa shape index (κ1) is 42.6. The summed E-state index contributed by atoms with van der Waals surface area (Å²) in [4.78, 5) is 88.5. The fraction of sp³-hybridized carbons (Fsp3) is 0.359. The third kappa shape index (κ3) is 8.61. The van der Waals surface area contributed by atoms with Gasteiger partial charge in [-0.05, 0) is 85.5 Å². The third-order valence-electron chi connectivity index (χ3n) is 9.99. The second-order valence-electron chi connectivity index (χ2n) is 14.5. The number of anilines is 1. The summed E-state index contributed by atoms with van der Waals surface area (Å²) in [6.07, 6.45) is 0.935. The highest BCUT2D eigenvalue weighted by Gasteiger charge is 2.59. The number of nitrogens with one attached hydrogen (secondary N) is 2. The van der Waals surface area contributed by atoms with Gasteiger partial charge in [0.1, 0.15) is 23.6 Å². The van der Waals surface area contributed by atoms with E-state index in [1.54, 1.807) is 34.6 Å². The number of carbonyl (C=O) groups excluding carboxylic acids is 6. The standard InChI is InChI=1S/C39H43ClN6O10S/c1-21(2)31(41)36(49)46(19-7-8-23(46)5)39(52)45(32(22(3)4)33(47)34-43-29-20-25(37(50)55-6)11-18-30(29)56-34)35(48)24-9-14-27(15-10-24)42-38(51)44-57(53,54)28-16-12-26(40)13-17-28/h9-18,20-23,31-32H,7-8,19,41H2,1-6H3,(H-,42,44,48,51)/p+1/t23?,31?,32?,46-/m0/s1. The first-order valence-electron chi connectivity index (χ1n) is 18.1. The van der Waals surface area contributed by atoms with Gasteiger partial charge in [0.25, 0.3) is 21.8 Å². The van der Waals surface area contributed by atoms with Gasteiger partial charge in [-0.1, -0.05) is 39.3 Å². The van der Waals surface area contributed by atoms with Crippen molar-refractivity contribution in [1.29, 1.82) is 0 Å². The number of Topliss-reactive ketones (excluding diaryl/α,β-unsaturated/α-hetero) is 1. The molecule has 1 aliphatic rings. The number of benzene rings is 3. The van der Waals surface area contributed by atoms with Crippen LogP contribution in [0.15, 0.2) is 76.0 Å². The molecular weight excluding hydrogens is 780 g/mol. The van der Waals surface area contributed by atoms with Crippen molar-refractivity contribution in [2.45, 2.75) is 70.5 Å². The Morgan fingerprint density at radius 1 is 0.947 bits per heavy atom. The Balaban J connectivity index is 1.54. The number of urea groups is 2. The third-order valence-corrected chi connectivity index (χ3v) is 11.6. The normalized spacial score (nSPS) is 17.9. The summed E-state index contributed by atoms with van der Waals surface area (Å²) < 4.78 is 37.1. The van der Waals surface area contributed by atoms with Crippen molar-refractivity contribution in [3.8, 4) is 0 Å². The SMILES string of the molecule is COC(=O)c1ccc2oc(C(=O)C(C(C)C)N(C(=O)c3ccc(NC(=O)NS(=O)(=O)c4ccc(Cl)cc4)cc3)C(=O)[N@@+]3(C(=O)C(N)C(C)C)CCCC3C)nc2c1. The number of quaternary nitrogens is 1. The largest absolute Gasteiger partial charge is 0.465 e. The second-order valence-corrected chi connectivity index (χ2v) is 16.6. The zero-order chi connectivity index (χ0) is 42.0. The number of nitrogens with two attached hydrogens (primary N) is 1. The maximum atomic E-state index is 15.2. The lowest BCUT2D eigenvalue weighted by Crippen LogP contribution is -2.70. The molecule has 2 heterocycles. The van der Waals surface area contributed by atoms with Gasteiger partial charge in [-0.2, -0.15) is 4.48 Å². The highest BCUT2D eigenvalue weighted by atomic mass is 35.5. The number of amides is 6. The van der Waals surface area contributed by atoms with Gasteiger partial charge in [0.05, 0.1) is 24.1 Å². The predicted molar refractivity (Wildman–Crippen MR) is 209 cm³/mol. The van der Waals surface area contributed by atoms with Gasteiger partial charge >= 0.3 is 23.9 Å². The molecule has 57 heavy (non-hydrogen) atoms. The molecule has 1 fully saturated rings. The number of likely N-dealkylation sites (tertiary alicyclic amines) is 1. The lowest BCUT2D eigenvalue weighted by atomic mass is 9.96. The number of nitrogens with zero attached hydrogens (tertiary/aromatic N) is 3. The number of carbonyl (C=O) groups is 6. The fourth-order valence-electron chi connectivity index (χ4n) is 6.77. The van der Waals surface area contributed by atoms with Crippen LogP contribution in [0.5, 0.6) is 0 Å². The second kappa shape index (κ2) is 16.9. The molecule has 18 heteroatoms. The smallest absolute Gasteiger partial charge is 0.434 e. The van der Waals surface area contributed by atoms with Gasteiger partial charge in [-0.25, -0.2) is 42.2 Å². The molecule has 4 aromatic rings. The highest BCUT2D eigenvalue weighted by Crippen LogP contribution is 2.34.